The molecule has 3 N–H and O–H groups in total. The van der Waals surface area contributed by atoms with Gasteiger partial charge in [0.1, 0.15) is 6.61 Å². The molecule has 0 saturated carbocycles. The summed E-state index contributed by atoms with van der Waals surface area (Å²) in [5, 5.41) is 14.8. The lowest BCUT2D eigenvalue weighted by molar-refractivity contribution is -0.149. The quantitative estimate of drug-likeness (QED) is 0.507. The van der Waals surface area contributed by atoms with Gasteiger partial charge in [-0.1, -0.05) is 62.4 Å². The van der Waals surface area contributed by atoms with Crippen molar-refractivity contribution in [2.24, 2.45) is 17.8 Å². The summed E-state index contributed by atoms with van der Waals surface area (Å²) < 4.78 is 10.8. The van der Waals surface area contributed by atoms with Crippen LogP contribution in [0.2, 0.25) is 0 Å². The molecule has 1 aliphatic heterocycles. The Bertz CT molecular complexity index is 1040. The van der Waals surface area contributed by atoms with Crippen LogP contribution >= 0.6 is 0 Å². The SMILES string of the molecule is CC(C)C(CNC(=O)OCC1c2ccccc2-c2ccccc21)C(=O)NCC1CCOC1C(=O)O. The van der Waals surface area contributed by atoms with E-state index in [1.54, 1.807) is 0 Å². The van der Waals surface area contributed by atoms with Gasteiger partial charge in [0.15, 0.2) is 6.10 Å². The molecule has 4 rings (SSSR count). The highest BCUT2D eigenvalue weighted by atomic mass is 16.5. The number of benzene rings is 2. The highest BCUT2D eigenvalue weighted by Crippen LogP contribution is 2.44. The van der Waals surface area contributed by atoms with E-state index in [-0.39, 0.29) is 43.4 Å². The van der Waals surface area contributed by atoms with Crippen molar-refractivity contribution in [3.63, 3.8) is 0 Å². The second-order valence-corrected chi connectivity index (χ2v) is 9.48. The standard InChI is InChI=1S/C27H32N2O6/c1-16(2)22(25(30)28-13-17-11-12-34-24(17)26(31)32)14-29-27(33)35-15-23-20-9-5-3-7-18(20)19-8-4-6-10-21(19)23/h3-10,16-17,22-24H,11-15H2,1-2H3,(H,28,30)(H,29,33)(H,31,32). The van der Waals surface area contributed by atoms with Gasteiger partial charge in [-0.2, -0.15) is 0 Å². The molecule has 1 fully saturated rings. The fourth-order valence-electron chi connectivity index (χ4n) is 4.95. The number of amides is 2. The first-order valence-corrected chi connectivity index (χ1v) is 12.1. The van der Waals surface area contributed by atoms with Gasteiger partial charge in [0.25, 0.3) is 0 Å². The third kappa shape index (κ3) is 5.48. The summed E-state index contributed by atoms with van der Waals surface area (Å²) in [6.07, 6.45) is -0.881. The molecule has 186 valence electrons. The zero-order valence-electron chi connectivity index (χ0n) is 20.0. The number of rotatable bonds is 9. The van der Waals surface area contributed by atoms with Crippen LogP contribution in [0.4, 0.5) is 4.79 Å². The van der Waals surface area contributed by atoms with Crippen molar-refractivity contribution in [1.29, 1.82) is 0 Å². The van der Waals surface area contributed by atoms with Crippen molar-refractivity contribution < 1.29 is 29.0 Å². The maximum absolute atomic E-state index is 12.8. The zero-order chi connectivity index (χ0) is 24.9. The number of carbonyl (C=O) groups is 3. The first-order chi connectivity index (χ1) is 16.9. The molecular formula is C27H32N2O6. The van der Waals surface area contributed by atoms with Crippen molar-refractivity contribution in [1.82, 2.24) is 10.6 Å². The topological polar surface area (TPSA) is 114 Å². The Kier molecular flexibility index (Phi) is 7.70. The summed E-state index contributed by atoms with van der Waals surface area (Å²) in [6, 6.07) is 16.3. The van der Waals surface area contributed by atoms with Gasteiger partial charge in [-0.25, -0.2) is 9.59 Å². The molecule has 0 spiro atoms. The Morgan fingerprint density at radius 2 is 1.66 bits per heavy atom. The Balaban J connectivity index is 1.29. The van der Waals surface area contributed by atoms with Crippen molar-refractivity contribution >= 4 is 18.0 Å². The molecule has 1 saturated heterocycles. The lowest BCUT2D eigenvalue weighted by Gasteiger charge is -2.23. The van der Waals surface area contributed by atoms with Gasteiger partial charge >= 0.3 is 12.1 Å². The maximum Gasteiger partial charge on any atom is 0.407 e. The summed E-state index contributed by atoms with van der Waals surface area (Å²) in [4.78, 5) is 36.6. The van der Waals surface area contributed by atoms with E-state index in [2.05, 4.69) is 34.9 Å². The number of alkyl carbamates (subject to hydrolysis) is 1. The molecule has 0 radical (unpaired) electrons. The molecule has 8 heteroatoms. The average molecular weight is 481 g/mol. The van der Waals surface area contributed by atoms with Crippen LogP contribution in [0.1, 0.15) is 37.3 Å². The van der Waals surface area contributed by atoms with Crippen LogP contribution in [0.15, 0.2) is 48.5 Å². The number of ether oxygens (including phenoxy) is 2. The van der Waals surface area contributed by atoms with Gasteiger partial charge in [0.05, 0.1) is 5.92 Å². The Morgan fingerprint density at radius 3 is 2.26 bits per heavy atom. The van der Waals surface area contributed by atoms with E-state index in [0.717, 1.165) is 22.3 Å². The fraction of sp³-hybridized carbons (Fsp3) is 0.444. The van der Waals surface area contributed by atoms with Gasteiger partial charge in [0.2, 0.25) is 5.91 Å². The minimum Gasteiger partial charge on any atom is -0.479 e. The van der Waals surface area contributed by atoms with Crippen LogP contribution in [0.3, 0.4) is 0 Å². The number of hydrogen-bond donors (Lipinski definition) is 3. The Labute approximate surface area is 205 Å². The number of carbonyl (C=O) groups excluding carboxylic acids is 2. The third-order valence-electron chi connectivity index (χ3n) is 6.95. The summed E-state index contributed by atoms with van der Waals surface area (Å²) >= 11 is 0. The monoisotopic (exact) mass is 480 g/mol. The minimum atomic E-state index is -1.01. The molecule has 3 atom stereocenters. The van der Waals surface area contributed by atoms with Gasteiger partial charge in [-0.3, -0.25) is 4.79 Å². The molecule has 1 aliphatic carbocycles. The van der Waals surface area contributed by atoms with Gasteiger partial charge in [-0.05, 0) is 34.6 Å². The molecule has 35 heavy (non-hydrogen) atoms. The van der Waals surface area contributed by atoms with E-state index in [4.69, 9.17) is 9.47 Å². The van der Waals surface area contributed by atoms with Gasteiger partial charge in [-0.15, -0.1) is 0 Å². The van der Waals surface area contributed by atoms with Crippen molar-refractivity contribution in [3.8, 4) is 11.1 Å². The van der Waals surface area contributed by atoms with Crippen LogP contribution in [0.25, 0.3) is 11.1 Å². The maximum atomic E-state index is 12.8. The van der Waals surface area contributed by atoms with Crippen molar-refractivity contribution in [3.05, 3.63) is 59.7 Å². The zero-order valence-corrected chi connectivity index (χ0v) is 20.0. The molecule has 0 bridgehead atoms. The van der Waals surface area contributed by atoms with E-state index in [1.165, 1.54) is 0 Å². The molecule has 1 heterocycles. The predicted molar refractivity (Wildman–Crippen MR) is 130 cm³/mol. The van der Waals surface area contributed by atoms with Crippen LogP contribution < -0.4 is 10.6 Å². The summed E-state index contributed by atoms with van der Waals surface area (Å²) in [7, 11) is 0. The lowest BCUT2D eigenvalue weighted by Crippen LogP contribution is -2.44. The number of nitrogens with one attached hydrogen (secondary N) is 2. The number of carboxylic acids is 1. The molecule has 8 nitrogen and oxygen atoms in total. The number of hydrogen-bond acceptors (Lipinski definition) is 5. The predicted octanol–water partition coefficient (Wildman–Crippen LogP) is 3.40. The number of fused-ring (bicyclic) bond motifs is 3. The van der Waals surface area contributed by atoms with Crippen molar-refractivity contribution in [2.45, 2.75) is 32.3 Å². The Hall–Kier alpha value is -3.39. The first kappa shape index (κ1) is 24.7. The molecular weight excluding hydrogens is 448 g/mol. The molecule has 2 aromatic rings. The molecule has 2 amide bonds. The second-order valence-electron chi connectivity index (χ2n) is 9.48. The van der Waals surface area contributed by atoms with Crippen LogP contribution in [0.5, 0.6) is 0 Å². The van der Waals surface area contributed by atoms with E-state index >= 15 is 0 Å². The largest absolute Gasteiger partial charge is 0.479 e. The Morgan fingerprint density at radius 1 is 1.03 bits per heavy atom. The summed E-state index contributed by atoms with van der Waals surface area (Å²) in [5.41, 5.74) is 4.59. The van der Waals surface area contributed by atoms with E-state index in [0.29, 0.717) is 13.0 Å². The smallest absolute Gasteiger partial charge is 0.407 e. The van der Waals surface area contributed by atoms with Crippen LogP contribution in [-0.4, -0.2) is 55.5 Å². The van der Waals surface area contributed by atoms with Gasteiger partial charge < -0.3 is 25.2 Å². The fourth-order valence-corrected chi connectivity index (χ4v) is 4.95. The van der Waals surface area contributed by atoms with E-state index in [1.807, 2.05) is 38.1 Å². The van der Waals surface area contributed by atoms with E-state index < -0.39 is 24.1 Å². The molecule has 0 aromatic heterocycles. The minimum absolute atomic E-state index is 0.0287. The second kappa shape index (κ2) is 10.9. The first-order valence-electron chi connectivity index (χ1n) is 12.1. The molecule has 2 aliphatic rings. The summed E-state index contributed by atoms with van der Waals surface area (Å²) in [6.45, 7) is 4.74. The van der Waals surface area contributed by atoms with E-state index in [9.17, 15) is 19.5 Å². The third-order valence-corrected chi connectivity index (χ3v) is 6.95. The normalized spacial score (nSPS) is 19.6. The van der Waals surface area contributed by atoms with Gasteiger partial charge in [0, 0.05) is 31.5 Å². The number of carboxylic acid groups (broad SMARTS) is 1. The highest BCUT2D eigenvalue weighted by Gasteiger charge is 2.35. The lowest BCUT2D eigenvalue weighted by atomic mass is 9.94. The average Bonchev–Trinajstić information content (AvgIpc) is 3.44. The van der Waals surface area contributed by atoms with Crippen molar-refractivity contribution in [2.75, 3.05) is 26.3 Å². The van der Waals surface area contributed by atoms with Crippen LogP contribution in [-0.2, 0) is 19.1 Å². The molecule has 2 aromatic carbocycles. The summed E-state index contributed by atoms with van der Waals surface area (Å²) in [5.74, 6) is -2.04. The number of aliphatic carboxylic acids is 1. The highest BCUT2D eigenvalue weighted by molar-refractivity contribution is 5.81. The molecule has 3 unspecified atom stereocenters. The van der Waals surface area contributed by atoms with Crippen LogP contribution in [0, 0.1) is 17.8 Å².